The Balaban J connectivity index is 2.08. The topological polar surface area (TPSA) is 41.6 Å². The molecule has 1 saturated heterocycles. The van der Waals surface area contributed by atoms with Gasteiger partial charge in [-0.25, -0.2) is 0 Å². The van der Waals surface area contributed by atoms with E-state index in [-0.39, 0.29) is 5.91 Å². The molecule has 1 amide bonds. The molecule has 4 heteroatoms. The summed E-state index contributed by atoms with van der Waals surface area (Å²) >= 11 is 0. The van der Waals surface area contributed by atoms with E-state index >= 15 is 0 Å². The Morgan fingerprint density at radius 2 is 2.00 bits per heavy atom. The summed E-state index contributed by atoms with van der Waals surface area (Å²) in [5, 5.41) is 2.91. The van der Waals surface area contributed by atoms with Crippen LogP contribution in [0.5, 0.6) is 0 Å². The first-order valence-electron chi connectivity index (χ1n) is 6.12. The lowest BCUT2D eigenvalue weighted by atomic mass is 10.1. The second kappa shape index (κ2) is 6.21. The number of rotatable bonds is 6. The van der Waals surface area contributed by atoms with Crippen molar-refractivity contribution in [1.29, 1.82) is 0 Å². The van der Waals surface area contributed by atoms with Crippen molar-refractivity contribution in [2.24, 2.45) is 0 Å². The van der Waals surface area contributed by atoms with Gasteiger partial charge in [0, 0.05) is 13.7 Å². The van der Waals surface area contributed by atoms with Crippen molar-refractivity contribution >= 4 is 5.91 Å². The third-order valence-electron chi connectivity index (χ3n) is 3.19. The predicted molar refractivity (Wildman–Crippen MR) is 64.4 cm³/mol. The van der Waals surface area contributed by atoms with Crippen LogP contribution in [0, 0.1) is 0 Å². The SMILES string of the molecule is COC(C)(C)C(=O)NCCCN1CCCC1. The van der Waals surface area contributed by atoms with Crippen molar-refractivity contribution in [1.82, 2.24) is 10.2 Å². The lowest BCUT2D eigenvalue weighted by molar-refractivity contribution is -0.139. The van der Waals surface area contributed by atoms with Gasteiger partial charge in [0.05, 0.1) is 0 Å². The number of hydrogen-bond donors (Lipinski definition) is 1. The first kappa shape index (κ1) is 13.5. The molecule has 0 aliphatic carbocycles. The molecule has 0 aromatic carbocycles. The van der Waals surface area contributed by atoms with E-state index in [9.17, 15) is 4.79 Å². The van der Waals surface area contributed by atoms with E-state index in [0.29, 0.717) is 0 Å². The number of nitrogens with zero attached hydrogens (tertiary/aromatic N) is 1. The van der Waals surface area contributed by atoms with Crippen LogP contribution in [0.3, 0.4) is 0 Å². The fourth-order valence-electron chi connectivity index (χ4n) is 1.82. The maximum Gasteiger partial charge on any atom is 0.251 e. The molecule has 94 valence electrons. The Morgan fingerprint density at radius 1 is 1.38 bits per heavy atom. The van der Waals surface area contributed by atoms with Crippen LogP contribution in [0.2, 0.25) is 0 Å². The number of amides is 1. The average molecular weight is 228 g/mol. The lowest BCUT2D eigenvalue weighted by Gasteiger charge is -2.22. The Morgan fingerprint density at radius 3 is 2.56 bits per heavy atom. The molecule has 0 saturated carbocycles. The third-order valence-corrected chi connectivity index (χ3v) is 3.19. The minimum absolute atomic E-state index is 0.0311. The average Bonchev–Trinajstić information content (AvgIpc) is 2.76. The number of likely N-dealkylation sites (tertiary alicyclic amines) is 1. The van der Waals surface area contributed by atoms with E-state index in [1.54, 1.807) is 21.0 Å². The van der Waals surface area contributed by atoms with E-state index in [4.69, 9.17) is 4.74 Å². The Hall–Kier alpha value is -0.610. The van der Waals surface area contributed by atoms with Gasteiger partial charge in [0.15, 0.2) is 0 Å². The summed E-state index contributed by atoms with van der Waals surface area (Å²) in [7, 11) is 1.56. The first-order valence-corrected chi connectivity index (χ1v) is 6.12. The quantitative estimate of drug-likeness (QED) is 0.690. The highest BCUT2D eigenvalue weighted by Crippen LogP contribution is 2.08. The van der Waals surface area contributed by atoms with Gasteiger partial charge in [-0.1, -0.05) is 0 Å². The second-order valence-corrected chi connectivity index (χ2v) is 4.87. The molecule has 16 heavy (non-hydrogen) atoms. The van der Waals surface area contributed by atoms with Gasteiger partial charge in [-0.15, -0.1) is 0 Å². The van der Waals surface area contributed by atoms with E-state index in [2.05, 4.69) is 10.2 Å². The molecule has 0 aromatic heterocycles. The van der Waals surface area contributed by atoms with E-state index in [1.807, 2.05) is 0 Å². The van der Waals surface area contributed by atoms with Gasteiger partial charge in [-0.2, -0.15) is 0 Å². The van der Waals surface area contributed by atoms with Crippen LogP contribution in [-0.2, 0) is 9.53 Å². The molecule has 0 bridgehead atoms. The van der Waals surface area contributed by atoms with E-state index in [1.165, 1.54) is 25.9 Å². The molecule has 4 nitrogen and oxygen atoms in total. The lowest BCUT2D eigenvalue weighted by Crippen LogP contribution is -2.44. The standard InChI is InChI=1S/C12H24N2O2/c1-12(2,16-3)11(15)13-7-6-10-14-8-4-5-9-14/h4-10H2,1-3H3,(H,13,15). The number of nitrogens with one attached hydrogen (secondary N) is 1. The van der Waals surface area contributed by atoms with Crippen molar-refractivity contribution in [2.75, 3.05) is 33.3 Å². The van der Waals surface area contributed by atoms with Gasteiger partial charge in [-0.05, 0) is 52.7 Å². The fourth-order valence-corrected chi connectivity index (χ4v) is 1.82. The Bertz CT molecular complexity index is 223. The van der Waals surface area contributed by atoms with Gasteiger partial charge >= 0.3 is 0 Å². The van der Waals surface area contributed by atoms with Gasteiger partial charge in [0.25, 0.3) is 5.91 Å². The molecule has 0 aromatic rings. The zero-order valence-corrected chi connectivity index (χ0v) is 10.7. The third kappa shape index (κ3) is 4.10. The second-order valence-electron chi connectivity index (χ2n) is 4.87. The number of methoxy groups -OCH3 is 1. The summed E-state index contributed by atoms with van der Waals surface area (Å²) < 4.78 is 5.11. The van der Waals surface area contributed by atoms with Gasteiger partial charge in [-0.3, -0.25) is 4.79 Å². The molecule has 1 fully saturated rings. The molecule has 0 radical (unpaired) electrons. The van der Waals surface area contributed by atoms with Crippen LogP contribution in [0.15, 0.2) is 0 Å². The van der Waals surface area contributed by atoms with Crippen LogP contribution in [0.4, 0.5) is 0 Å². The molecular formula is C12H24N2O2. The summed E-state index contributed by atoms with van der Waals surface area (Å²) in [5.74, 6) is -0.0311. The maximum atomic E-state index is 11.6. The minimum Gasteiger partial charge on any atom is -0.369 e. The van der Waals surface area contributed by atoms with Crippen LogP contribution in [0.25, 0.3) is 0 Å². The zero-order valence-electron chi connectivity index (χ0n) is 10.7. The highest BCUT2D eigenvalue weighted by Gasteiger charge is 2.26. The largest absolute Gasteiger partial charge is 0.369 e. The van der Waals surface area contributed by atoms with Crippen molar-refractivity contribution in [3.8, 4) is 0 Å². The van der Waals surface area contributed by atoms with Crippen molar-refractivity contribution in [2.45, 2.75) is 38.7 Å². The van der Waals surface area contributed by atoms with Crippen LogP contribution < -0.4 is 5.32 Å². The summed E-state index contributed by atoms with van der Waals surface area (Å²) in [4.78, 5) is 14.1. The van der Waals surface area contributed by atoms with Crippen LogP contribution >= 0.6 is 0 Å². The summed E-state index contributed by atoms with van der Waals surface area (Å²) in [6, 6.07) is 0. The van der Waals surface area contributed by atoms with Crippen LogP contribution in [-0.4, -0.2) is 49.7 Å². The van der Waals surface area contributed by atoms with Crippen molar-refractivity contribution in [3.63, 3.8) is 0 Å². The highest BCUT2D eigenvalue weighted by molar-refractivity contribution is 5.84. The predicted octanol–water partition coefficient (Wildman–Crippen LogP) is 1.01. The molecule has 1 aliphatic rings. The number of carbonyl (C=O) groups excluding carboxylic acids is 1. The van der Waals surface area contributed by atoms with E-state index in [0.717, 1.165) is 19.5 Å². The Labute approximate surface area is 98.3 Å². The fraction of sp³-hybridized carbons (Fsp3) is 0.917. The Kier molecular flexibility index (Phi) is 5.22. The zero-order chi connectivity index (χ0) is 12.0. The van der Waals surface area contributed by atoms with Crippen molar-refractivity contribution in [3.05, 3.63) is 0 Å². The summed E-state index contributed by atoms with van der Waals surface area (Å²) in [6.45, 7) is 7.83. The van der Waals surface area contributed by atoms with Crippen LogP contribution in [0.1, 0.15) is 33.1 Å². The summed E-state index contributed by atoms with van der Waals surface area (Å²) in [5.41, 5.74) is -0.715. The number of hydrogen-bond acceptors (Lipinski definition) is 3. The molecule has 1 aliphatic heterocycles. The molecule has 0 atom stereocenters. The van der Waals surface area contributed by atoms with E-state index < -0.39 is 5.60 Å². The monoisotopic (exact) mass is 228 g/mol. The molecule has 0 unspecified atom stereocenters. The molecular weight excluding hydrogens is 204 g/mol. The molecule has 1 N–H and O–H groups in total. The molecule has 0 spiro atoms. The van der Waals surface area contributed by atoms with Gasteiger partial charge in [0.2, 0.25) is 0 Å². The highest BCUT2D eigenvalue weighted by atomic mass is 16.5. The molecule has 1 rings (SSSR count). The normalized spacial score (nSPS) is 17.7. The number of carbonyl (C=O) groups is 1. The first-order chi connectivity index (χ1) is 7.56. The number of ether oxygens (including phenoxy) is 1. The van der Waals surface area contributed by atoms with Gasteiger partial charge in [0.1, 0.15) is 5.60 Å². The molecule has 1 heterocycles. The maximum absolute atomic E-state index is 11.6. The summed E-state index contributed by atoms with van der Waals surface area (Å²) in [6.07, 6.45) is 3.66. The minimum atomic E-state index is -0.715. The van der Waals surface area contributed by atoms with Crippen molar-refractivity contribution < 1.29 is 9.53 Å². The van der Waals surface area contributed by atoms with Gasteiger partial charge < -0.3 is 15.0 Å². The smallest absolute Gasteiger partial charge is 0.251 e.